The van der Waals surface area contributed by atoms with Crippen molar-refractivity contribution in [2.45, 2.75) is 25.8 Å². The minimum absolute atomic E-state index is 0.0364. The average Bonchev–Trinajstić information content (AvgIpc) is 2.57. The summed E-state index contributed by atoms with van der Waals surface area (Å²) in [5.74, 6) is 1.50. The molecular weight excluding hydrogens is 292 g/mol. The van der Waals surface area contributed by atoms with Gasteiger partial charge in [-0.25, -0.2) is 15.0 Å². The molecule has 1 saturated heterocycles. The van der Waals surface area contributed by atoms with Gasteiger partial charge in [0.15, 0.2) is 5.82 Å². The Hall–Kier alpha value is -2.44. The standard InChI is InChI=1S/C16H22N6O/c1-12-10-14(19-11-18-12)21(3)13-4-7-22(8-5-13)15-16(23)20(2)9-6-17-15/h6,9-11,13H,4-5,7-8H2,1-3H3. The van der Waals surface area contributed by atoms with E-state index >= 15 is 0 Å². The summed E-state index contributed by atoms with van der Waals surface area (Å²) in [4.78, 5) is 29.2. The molecule has 1 fully saturated rings. The number of aryl methyl sites for hydroxylation is 2. The smallest absolute Gasteiger partial charge is 0.293 e. The van der Waals surface area contributed by atoms with Crippen LogP contribution in [0.3, 0.4) is 0 Å². The highest BCUT2D eigenvalue weighted by molar-refractivity contribution is 5.41. The molecule has 2 aromatic heterocycles. The SMILES string of the molecule is Cc1cc(N(C)C2CCN(c3nccn(C)c3=O)CC2)ncn1. The van der Waals surface area contributed by atoms with Crippen molar-refractivity contribution in [3.8, 4) is 0 Å². The first kappa shape index (κ1) is 15.5. The van der Waals surface area contributed by atoms with Gasteiger partial charge >= 0.3 is 0 Å². The first-order valence-corrected chi connectivity index (χ1v) is 7.84. The molecular formula is C16H22N6O. The van der Waals surface area contributed by atoms with Crippen LogP contribution in [0, 0.1) is 6.92 Å². The van der Waals surface area contributed by atoms with Crippen molar-refractivity contribution in [2.24, 2.45) is 7.05 Å². The Morgan fingerprint density at radius 2 is 1.96 bits per heavy atom. The Morgan fingerprint density at radius 1 is 1.22 bits per heavy atom. The van der Waals surface area contributed by atoms with Gasteiger partial charge in [-0.2, -0.15) is 0 Å². The van der Waals surface area contributed by atoms with Crippen molar-refractivity contribution in [1.29, 1.82) is 0 Å². The van der Waals surface area contributed by atoms with Crippen LogP contribution in [0.25, 0.3) is 0 Å². The van der Waals surface area contributed by atoms with Crippen molar-refractivity contribution in [3.63, 3.8) is 0 Å². The Bertz CT molecular complexity index is 735. The number of nitrogens with zero attached hydrogens (tertiary/aromatic N) is 6. The highest BCUT2D eigenvalue weighted by Crippen LogP contribution is 2.22. The molecule has 0 atom stereocenters. The zero-order valence-corrected chi connectivity index (χ0v) is 13.8. The van der Waals surface area contributed by atoms with E-state index in [9.17, 15) is 4.79 Å². The van der Waals surface area contributed by atoms with Crippen molar-refractivity contribution in [2.75, 3.05) is 29.9 Å². The average molecular weight is 314 g/mol. The highest BCUT2D eigenvalue weighted by atomic mass is 16.1. The lowest BCUT2D eigenvalue weighted by Crippen LogP contribution is -2.45. The number of hydrogen-bond acceptors (Lipinski definition) is 6. The lowest BCUT2D eigenvalue weighted by atomic mass is 10.0. The van der Waals surface area contributed by atoms with Crippen molar-refractivity contribution in [3.05, 3.63) is 40.8 Å². The fraction of sp³-hybridized carbons (Fsp3) is 0.500. The van der Waals surface area contributed by atoms with Gasteiger partial charge in [0.05, 0.1) is 0 Å². The summed E-state index contributed by atoms with van der Waals surface area (Å²) in [7, 11) is 3.83. The van der Waals surface area contributed by atoms with E-state index in [1.165, 1.54) is 0 Å². The van der Waals surface area contributed by atoms with Crippen LogP contribution in [0.2, 0.25) is 0 Å². The molecule has 3 heterocycles. The molecule has 2 aromatic rings. The van der Waals surface area contributed by atoms with Crippen LogP contribution in [-0.2, 0) is 7.05 Å². The van der Waals surface area contributed by atoms with Crippen LogP contribution in [0.4, 0.5) is 11.6 Å². The molecule has 3 rings (SSSR count). The Kier molecular flexibility index (Phi) is 4.27. The summed E-state index contributed by atoms with van der Waals surface area (Å²) in [6.45, 7) is 3.62. The molecule has 0 spiro atoms. The van der Waals surface area contributed by atoms with Gasteiger partial charge in [0, 0.05) is 57.4 Å². The van der Waals surface area contributed by atoms with E-state index in [1.807, 2.05) is 13.0 Å². The topological polar surface area (TPSA) is 67.2 Å². The molecule has 0 radical (unpaired) electrons. The van der Waals surface area contributed by atoms with Gasteiger partial charge in [0.25, 0.3) is 5.56 Å². The molecule has 1 aliphatic rings. The predicted octanol–water partition coefficient (Wildman–Crippen LogP) is 0.984. The molecule has 7 nitrogen and oxygen atoms in total. The lowest BCUT2D eigenvalue weighted by molar-refractivity contribution is 0.476. The van der Waals surface area contributed by atoms with E-state index in [0.717, 1.165) is 37.4 Å². The van der Waals surface area contributed by atoms with E-state index < -0.39 is 0 Å². The number of aromatic nitrogens is 4. The number of anilines is 2. The van der Waals surface area contributed by atoms with E-state index in [0.29, 0.717) is 11.9 Å². The van der Waals surface area contributed by atoms with E-state index in [1.54, 1.807) is 30.3 Å². The van der Waals surface area contributed by atoms with E-state index in [2.05, 4.69) is 31.8 Å². The maximum Gasteiger partial charge on any atom is 0.293 e. The first-order chi connectivity index (χ1) is 11.1. The van der Waals surface area contributed by atoms with Gasteiger partial charge < -0.3 is 14.4 Å². The second-order valence-corrected chi connectivity index (χ2v) is 6.01. The van der Waals surface area contributed by atoms with Gasteiger partial charge in [-0.15, -0.1) is 0 Å². The third-order valence-corrected chi connectivity index (χ3v) is 4.46. The molecule has 0 saturated carbocycles. The van der Waals surface area contributed by atoms with Crippen LogP contribution >= 0.6 is 0 Å². The molecule has 0 aliphatic carbocycles. The fourth-order valence-corrected chi connectivity index (χ4v) is 2.99. The van der Waals surface area contributed by atoms with Crippen LogP contribution in [0.1, 0.15) is 18.5 Å². The van der Waals surface area contributed by atoms with Gasteiger partial charge in [-0.05, 0) is 19.8 Å². The van der Waals surface area contributed by atoms with Crippen LogP contribution in [0.5, 0.6) is 0 Å². The maximum atomic E-state index is 12.2. The minimum atomic E-state index is -0.0364. The predicted molar refractivity (Wildman–Crippen MR) is 89.9 cm³/mol. The van der Waals surface area contributed by atoms with Crippen LogP contribution in [-0.4, -0.2) is 45.7 Å². The fourth-order valence-electron chi connectivity index (χ4n) is 2.99. The lowest BCUT2D eigenvalue weighted by Gasteiger charge is -2.37. The van der Waals surface area contributed by atoms with Gasteiger partial charge in [0.2, 0.25) is 0 Å². The molecule has 0 N–H and O–H groups in total. The number of piperidine rings is 1. The molecule has 0 unspecified atom stereocenters. The zero-order chi connectivity index (χ0) is 16.4. The largest absolute Gasteiger partial charge is 0.356 e. The summed E-state index contributed by atoms with van der Waals surface area (Å²) >= 11 is 0. The van der Waals surface area contributed by atoms with Gasteiger partial charge in [-0.1, -0.05) is 0 Å². The molecule has 122 valence electrons. The first-order valence-electron chi connectivity index (χ1n) is 7.84. The molecule has 0 aromatic carbocycles. The second kappa shape index (κ2) is 6.36. The van der Waals surface area contributed by atoms with Crippen molar-refractivity contribution in [1.82, 2.24) is 19.5 Å². The van der Waals surface area contributed by atoms with Crippen molar-refractivity contribution < 1.29 is 0 Å². The quantitative estimate of drug-likeness (QED) is 0.841. The van der Waals surface area contributed by atoms with E-state index in [4.69, 9.17) is 0 Å². The molecule has 23 heavy (non-hydrogen) atoms. The minimum Gasteiger partial charge on any atom is -0.356 e. The van der Waals surface area contributed by atoms with Crippen LogP contribution < -0.4 is 15.4 Å². The third kappa shape index (κ3) is 3.18. The Labute approximate surface area is 135 Å². The summed E-state index contributed by atoms with van der Waals surface area (Å²) in [6.07, 6.45) is 6.91. The number of rotatable bonds is 3. The van der Waals surface area contributed by atoms with Gasteiger partial charge in [-0.3, -0.25) is 4.79 Å². The normalized spacial score (nSPS) is 15.7. The van der Waals surface area contributed by atoms with E-state index in [-0.39, 0.29) is 5.56 Å². The molecule has 1 aliphatic heterocycles. The summed E-state index contributed by atoms with van der Waals surface area (Å²) in [5.41, 5.74) is 0.932. The summed E-state index contributed by atoms with van der Waals surface area (Å²) < 4.78 is 1.57. The molecule has 0 amide bonds. The Balaban J connectivity index is 1.69. The third-order valence-electron chi connectivity index (χ3n) is 4.46. The summed E-state index contributed by atoms with van der Waals surface area (Å²) in [5, 5.41) is 0. The highest BCUT2D eigenvalue weighted by Gasteiger charge is 2.25. The maximum absolute atomic E-state index is 12.2. The van der Waals surface area contributed by atoms with Crippen molar-refractivity contribution >= 4 is 11.6 Å². The molecule has 0 bridgehead atoms. The second-order valence-electron chi connectivity index (χ2n) is 6.01. The monoisotopic (exact) mass is 314 g/mol. The zero-order valence-electron chi connectivity index (χ0n) is 13.8. The van der Waals surface area contributed by atoms with Crippen LogP contribution in [0.15, 0.2) is 29.6 Å². The summed E-state index contributed by atoms with van der Waals surface area (Å²) in [6, 6.07) is 2.41. The molecule has 7 heteroatoms. The number of hydrogen-bond donors (Lipinski definition) is 0. The Morgan fingerprint density at radius 3 is 2.65 bits per heavy atom. The van der Waals surface area contributed by atoms with Gasteiger partial charge in [0.1, 0.15) is 12.1 Å².